The van der Waals surface area contributed by atoms with Crippen molar-refractivity contribution in [2.75, 3.05) is 18.1 Å². The summed E-state index contributed by atoms with van der Waals surface area (Å²) in [6.07, 6.45) is 6.30. The molecule has 136 valence electrons. The van der Waals surface area contributed by atoms with Crippen LogP contribution < -0.4 is 16.2 Å². The average Bonchev–Trinajstić information content (AvgIpc) is 3.24. The maximum atomic E-state index is 8.59. The monoisotopic (exact) mass is 362 g/mol. The molecule has 0 bridgehead atoms. The molecule has 2 aromatic heterocycles. The number of ether oxygens (including phenoxy) is 1. The van der Waals surface area contributed by atoms with E-state index in [0.717, 1.165) is 30.9 Å². The number of hydrogen-bond acceptors (Lipinski definition) is 8. The number of rotatable bonds is 2. The summed E-state index contributed by atoms with van der Waals surface area (Å²) in [6.45, 7) is 0.740. The molecule has 5 N–H and O–H groups in total. The summed E-state index contributed by atoms with van der Waals surface area (Å²) in [4.78, 5) is 7.88. The first-order chi connectivity index (χ1) is 13.1. The summed E-state index contributed by atoms with van der Waals surface area (Å²) in [7, 11) is 0. The normalized spacial score (nSPS) is 12.0. The van der Waals surface area contributed by atoms with Gasteiger partial charge in [0.05, 0.1) is 24.1 Å². The van der Waals surface area contributed by atoms with Crippen LogP contribution in [0.15, 0.2) is 47.5 Å². The van der Waals surface area contributed by atoms with E-state index in [2.05, 4.69) is 9.97 Å². The number of nitrogen functional groups attached to an aromatic ring is 2. The minimum absolute atomic E-state index is 0.178. The van der Waals surface area contributed by atoms with Crippen LogP contribution in [0, 0.1) is 16.7 Å². The lowest BCUT2D eigenvalue weighted by molar-refractivity contribution is 0.285. The predicted molar refractivity (Wildman–Crippen MR) is 100 cm³/mol. The number of nitrogens with one attached hydrogen (secondary N) is 1. The van der Waals surface area contributed by atoms with Crippen molar-refractivity contribution in [1.82, 2.24) is 9.97 Å². The molecule has 8 heteroatoms. The first kappa shape index (κ1) is 17.9. The van der Waals surface area contributed by atoms with E-state index >= 15 is 0 Å². The third-order valence-corrected chi connectivity index (χ3v) is 3.90. The molecule has 4 rings (SSSR count). The maximum absolute atomic E-state index is 8.59. The number of oxazole rings is 1. The summed E-state index contributed by atoms with van der Waals surface area (Å²) in [6, 6.07) is 8.77. The first-order valence-electron chi connectivity index (χ1n) is 8.23. The fourth-order valence-corrected chi connectivity index (χ4v) is 2.53. The van der Waals surface area contributed by atoms with E-state index in [1.54, 1.807) is 30.5 Å². The zero-order chi connectivity index (χ0) is 19.2. The van der Waals surface area contributed by atoms with Crippen molar-refractivity contribution >= 4 is 17.1 Å². The van der Waals surface area contributed by atoms with Gasteiger partial charge in [0.2, 0.25) is 0 Å². The van der Waals surface area contributed by atoms with Gasteiger partial charge in [0, 0.05) is 29.2 Å². The van der Waals surface area contributed by atoms with E-state index in [9.17, 15) is 0 Å². The van der Waals surface area contributed by atoms with Crippen LogP contribution in [-0.2, 0) is 6.42 Å². The summed E-state index contributed by atoms with van der Waals surface area (Å²) in [5.41, 5.74) is 14.7. The second-order valence-corrected chi connectivity index (χ2v) is 5.82. The first-order valence-corrected chi connectivity index (χ1v) is 8.23. The molecule has 27 heavy (non-hydrogen) atoms. The quantitative estimate of drug-likeness (QED) is 0.468. The van der Waals surface area contributed by atoms with Gasteiger partial charge in [-0.05, 0) is 31.0 Å². The molecule has 0 unspecified atom stereocenters. The Morgan fingerprint density at radius 3 is 2.81 bits per heavy atom. The molecule has 0 atom stereocenters. The van der Waals surface area contributed by atoms with Crippen LogP contribution in [0.1, 0.15) is 29.0 Å². The highest BCUT2D eigenvalue weighted by atomic mass is 16.5. The molecular weight excluding hydrogens is 344 g/mol. The average molecular weight is 362 g/mol. The lowest BCUT2D eigenvalue weighted by Crippen LogP contribution is -2.09. The van der Waals surface area contributed by atoms with Crippen molar-refractivity contribution < 1.29 is 9.15 Å². The highest BCUT2D eigenvalue weighted by Gasteiger charge is 2.12. The number of fused-ring (bicyclic) bond motifs is 1. The second-order valence-electron chi connectivity index (χ2n) is 5.82. The molecule has 0 fully saturated rings. The molecule has 0 spiro atoms. The summed E-state index contributed by atoms with van der Waals surface area (Å²) < 4.78 is 10.4. The topological polar surface area (TPSA) is 148 Å². The molecule has 0 saturated heterocycles. The van der Waals surface area contributed by atoms with Gasteiger partial charge in [0.15, 0.2) is 12.2 Å². The minimum Gasteiger partial charge on any atom is -0.492 e. The Bertz CT molecular complexity index is 992. The highest BCUT2D eigenvalue weighted by Crippen LogP contribution is 2.23. The zero-order valence-corrected chi connectivity index (χ0v) is 14.5. The van der Waals surface area contributed by atoms with Gasteiger partial charge in [0.25, 0.3) is 0 Å². The van der Waals surface area contributed by atoms with Crippen LogP contribution in [0.5, 0.6) is 5.75 Å². The number of nitriles is 1. The number of benzene rings is 1. The van der Waals surface area contributed by atoms with Crippen LogP contribution in [0.3, 0.4) is 0 Å². The lowest BCUT2D eigenvalue weighted by atomic mass is 10.1. The van der Waals surface area contributed by atoms with Crippen LogP contribution in [0.25, 0.3) is 0 Å². The van der Waals surface area contributed by atoms with Gasteiger partial charge in [-0.1, -0.05) is 0 Å². The zero-order valence-electron chi connectivity index (χ0n) is 14.5. The van der Waals surface area contributed by atoms with Crippen LogP contribution >= 0.6 is 0 Å². The van der Waals surface area contributed by atoms with E-state index in [1.807, 2.05) is 6.07 Å². The van der Waals surface area contributed by atoms with Gasteiger partial charge in [0.1, 0.15) is 17.5 Å². The second kappa shape index (κ2) is 8.01. The molecule has 0 saturated carbocycles. The van der Waals surface area contributed by atoms with Gasteiger partial charge in [-0.3, -0.25) is 10.4 Å². The standard InChI is InChI=1S/C10H10N4O.C9H8N2O/c11-6-1-2-8(12)7(3-6)10(13)9-4-14-5-15-9;10-5-7-4-9-8(11-6-7)2-1-3-12-9/h1-5,13H,11-12H2;4,6H,1-3H2. The molecule has 0 radical (unpaired) electrons. The Morgan fingerprint density at radius 1 is 1.22 bits per heavy atom. The van der Waals surface area contributed by atoms with E-state index in [1.165, 1.54) is 12.6 Å². The third-order valence-electron chi connectivity index (χ3n) is 3.90. The fraction of sp³-hybridized carbons (Fsp3) is 0.158. The predicted octanol–water partition coefficient (Wildman–Crippen LogP) is 2.53. The van der Waals surface area contributed by atoms with Crippen molar-refractivity contribution in [3.63, 3.8) is 0 Å². The van der Waals surface area contributed by atoms with Crippen molar-refractivity contribution in [2.45, 2.75) is 12.8 Å². The Hall–Kier alpha value is -3.86. The number of nitrogens with zero attached hydrogens (tertiary/aromatic N) is 3. The molecule has 1 aromatic carbocycles. The Kier molecular flexibility index (Phi) is 5.33. The van der Waals surface area contributed by atoms with Crippen molar-refractivity contribution in [3.05, 3.63) is 65.6 Å². The van der Waals surface area contributed by atoms with Gasteiger partial charge in [-0.15, -0.1) is 0 Å². The van der Waals surface area contributed by atoms with E-state index < -0.39 is 0 Å². The van der Waals surface area contributed by atoms with Gasteiger partial charge >= 0.3 is 0 Å². The van der Waals surface area contributed by atoms with Gasteiger partial charge in [-0.25, -0.2) is 4.98 Å². The van der Waals surface area contributed by atoms with E-state index in [0.29, 0.717) is 28.3 Å². The smallest absolute Gasteiger partial charge is 0.181 e. The summed E-state index contributed by atoms with van der Waals surface area (Å²) >= 11 is 0. The largest absolute Gasteiger partial charge is 0.492 e. The van der Waals surface area contributed by atoms with Crippen LogP contribution in [-0.4, -0.2) is 22.3 Å². The molecule has 0 amide bonds. The van der Waals surface area contributed by atoms with Crippen LogP contribution in [0.4, 0.5) is 11.4 Å². The Morgan fingerprint density at radius 2 is 2.07 bits per heavy atom. The van der Waals surface area contributed by atoms with Crippen molar-refractivity contribution in [2.24, 2.45) is 0 Å². The SMILES string of the molecule is N#Cc1cnc2c(c1)OCCC2.N=C(c1cnco1)c1cc(N)ccc1N. The molecular formula is C19H18N6O2. The van der Waals surface area contributed by atoms with Gasteiger partial charge in [-0.2, -0.15) is 5.26 Å². The van der Waals surface area contributed by atoms with Crippen molar-refractivity contribution in [3.8, 4) is 11.8 Å². The number of hydrogen-bond donors (Lipinski definition) is 3. The Balaban J connectivity index is 0.000000159. The highest BCUT2D eigenvalue weighted by molar-refractivity contribution is 6.12. The number of pyridine rings is 1. The number of aryl methyl sites for hydroxylation is 1. The fourth-order valence-electron chi connectivity index (χ4n) is 2.53. The van der Waals surface area contributed by atoms with Gasteiger partial charge < -0.3 is 20.6 Å². The lowest BCUT2D eigenvalue weighted by Gasteiger charge is -2.15. The molecule has 3 heterocycles. The van der Waals surface area contributed by atoms with Crippen LogP contribution in [0.2, 0.25) is 0 Å². The van der Waals surface area contributed by atoms with E-state index in [4.69, 9.17) is 31.3 Å². The molecule has 1 aliphatic rings. The molecule has 1 aliphatic heterocycles. The van der Waals surface area contributed by atoms with E-state index in [-0.39, 0.29) is 5.71 Å². The maximum Gasteiger partial charge on any atom is 0.181 e. The summed E-state index contributed by atoms with van der Waals surface area (Å²) in [5, 5.41) is 16.4. The molecule has 0 aliphatic carbocycles. The van der Waals surface area contributed by atoms with Crippen molar-refractivity contribution in [1.29, 1.82) is 10.7 Å². The Labute approximate surface area is 155 Å². The number of anilines is 2. The number of aromatic nitrogens is 2. The minimum atomic E-state index is 0.178. The summed E-state index contributed by atoms with van der Waals surface area (Å²) in [5.74, 6) is 1.15. The molecule has 3 aromatic rings. The molecule has 8 nitrogen and oxygen atoms in total. The number of nitrogens with two attached hydrogens (primary N) is 2. The third kappa shape index (κ3) is 4.22.